The molecule has 14 heavy (non-hydrogen) atoms. The number of nitrogens with zero attached hydrogens (tertiary/aromatic N) is 2. The Balaban J connectivity index is 2.82. The van der Waals surface area contributed by atoms with Crippen molar-refractivity contribution >= 4 is 34.7 Å². The van der Waals surface area contributed by atoms with Crippen LogP contribution in [0.2, 0.25) is 0 Å². The first kappa shape index (κ1) is 10.6. The molecular weight excluding hydrogens is 212 g/mol. The van der Waals surface area contributed by atoms with Crippen LogP contribution in [-0.4, -0.2) is 46.0 Å². The Hall–Kier alpha value is -1.43. The van der Waals surface area contributed by atoms with Gasteiger partial charge in [0.05, 0.1) is 0 Å². The Morgan fingerprint density at radius 3 is 2.00 bits per heavy atom. The SMILES string of the molecule is CC(=O)N1CC(=O)N(C(=O)Cl)CC1=O. The number of hydrogen-bond donors (Lipinski definition) is 0. The smallest absolute Gasteiger partial charge is 0.275 e. The molecule has 0 aromatic heterocycles. The van der Waals surface area contributed by atoms with Gasteiger partial charge in [0.15, 0.2) is 0 Å². The van der Waals surface area contributed by atoms with Gasteiger partial charge in [0.25, 0.3) is 5.91 Å². The standard InChI is InChI=1S/C7H7ClN2O4/c1-4(11)9-2-6(13)10(7(8)14)3-5(9)12/h2-3H2,1H3. The Morgan fingerprint density at radius 1 is 1.14 bits per heavy atom. The van der Waals surface area contributed by atoms with Gasteiger partial charge >= 0.3 is 5.37 Å². The molecule has 0 aromatic carbocycles. The van der Waals surface area contributed by atoms with Crippen molar-refractivity contribution < 1.29 is 19.2 Å². The fourth-order valence-electron chi connectivity index (χ4n) is 1.06. The van der Waals surface area contributed by atoms with Crippen LogP contribution in [0.4, 0.5) is 4.79 Å². The van der Waals surface area contributed by atoms with E-state index < -0.39 is 36.2 Å². The summed E-state index contributed by atoms with van der Waals surface area (Å²) in [5, 5.41) is -1.01. The van der Waals surface area contributed by atoms with E-state index in [4.69, 9.17) is 11.6 Å². The van der Waals surface area contributed by atoms with Crippen molar-refractivity contribution in [3.8, 4) is 0 Å². The molecular formula is C7H7ClN2O4. The van der Waals surface area contributed by atoms with E-state index in [0.29, 0.717) is 4.90 Å². The summed E-state index contributed by atoms with van der Waals surface area (Å²) in [6.45, 7) is 0.275. The molecule has 0 radical (unpaired) electrons. The first-order valence-electron chi connectivity index (χ1n) is 3.74. The van der Waals surface area contributed by atoms with E-state index in [-0.39, 0.29) is 0 Å². The van der Waals surface area contributed by atoms with Crippen molar-refractivity contribution in [2.45, 2.75) is 6.92 Å². The van der Waals surface area contributed by atoms with Crippen molar-refractivity contribution in [3.63, 3.8) is 0 Å². The summed E-state index contributed by atoms with van der Waals surface area (Å²) >= 11 is 5.05. The average molecular weight is 219 g/mol. The highest BCUT2D eigenvalue weighted by Crippen LogP contribution is 2.07. The highest BCUT2D eigenvalue weighted by molar-refractivity contribution is 6.64. The molecule has 6 nitrogen and oxygen atoms in total. The second-order valence-corrected chi connectivity index (χ2v) is 3.06. The second-order valence-electron chi connectivity index (χ2n) is 2.73. The number of carbonyl (C=O) groups excluding carboxylic acids is 4. The maximum atomic E-state index is 11.2. The molecule has 0 N–H and O–H groups in total. The van der Waals surface area contributed by atoms with Crippen molar-refractivity contribution in [1.29, 1.82) is 0 Å². The number of amides is 4. The molecule has 1 rings (SSSR count). The molecule has 4 amide bonds. The van der Waals surface area contributed by atoms with Gasteiger partial charge in [-0.25, -0.2) is 0 Å². The number of piperazine rings is 1. The normalized spacial score (nSPS) is 17.3. The summed E-state index contributed by atoms with van der Waals surface area (Å²) in [6, 6.07) is 0. The molecule has 0 bridgehead atoms. The van der Waals surface area contributed by atoms with Crippen LogP contribution in [-0.2, 0) is 14.4 Å². The molecule has 1 saturated heterocycles. The average Bonchev–Trinajstić information content (AvgIpc) is 2.07. The van der Waals surface area contributed by atoms with E-state index >= 15 is 0 Å². The van der Waals surface area contributed by atoms with E-state index in [1.54, 1.807) is 0 Å². The van der Waals surface area contributed by atoms with Crippen LogP contribution >= 0.6 is 11.6 Å². The van der Waals surface area contributed by atoms with Gasteiger partial charge in [0.2, 0.25) is 11.8 Å². The van der Waals surface area contributed by atoms with Gasteiger partial charge in [0.1, 0.15) is 13.1 Å². The largest absolute Gasteiger partial charge is 0.323 e. The van der Waals surface area contributed by atoms with Gasteiger partial charge in [0, 0.05) is 6.92 Å². The van der Waals surface area contributed by atoms with Crippen LogP contribution in [0.25, 0.3) is 0 Å². The molecule has 1 heterocycles. The Bertz CT molecular complexity index is 296. The van der Waals surface area contributed by atoms with Crippen LogP contribution in [0.1, 0.15) is 6.92 Å². The first-order valence-corrected chi connectivity index (χ1v) is 4.12. The van der Waals surface area contributed by atoms with Gasteiger partial charge in [-0.15, -0.1) is 0 Å². The molecule has 0 spiro atoms. The molecule has 1 aliphatic heterocycles. The van der Waals surface area contributed by atoms with E-state index in [1.165, 1.54) is 6.92 Å². The van der Waals surface area contributed by atoms with E-state index in [2.05, 4.69) is 0 Å². The van der Waals surface area contributed by atoms with E-state index in [0.717, 1.165) is 4.90 Å². The summed E-state index contributed by atoms with van der Waals surface area (Å²) in [4.78, 5) is 45.2. The highest BCUT2D eigenvalue weighted by Gasteiger charge is 2.34. The number of carbonyl (C=O) groups is 4. The van der Waals surface area contributed by atoms with Crippen LogP contribution in [0.3, 0.4) is 0 Å². The van der Waals surface area contributed by atoms with Crippen LogP contribution in [0.15, 0.2) is 0 Å². The van der Waals surface area contributed by atoms with Crippen molar-refractivity contribution in [3.05, 3.63) is 0 Å². The zero-order valence-corrected chi connectivity index (χ0v) is 8.08. The fourth-order valence-corrected chi connectivity index (χ4v) is 1.22. The highest BCUT2D eigenvalue weighted by atomic mass is 35.5. The summed E-state index contributed by atoms with van der Waals surface area (Å²) in [5.41, 5.74) is 0. The molecule has 0 saturated carbocycles. The zero-order chi connectivity index (χ0) is 10.9. The monoisotopic (exact) mass is 218 g/mol. The second kappa shape index (κ2) is 3.75. The summed E-state index contributed by atoms with van der Waals surface area (Å²) in [6.07, 6.45) is 0. The summed E-state index contributed by atoms with van der Waals surface area (Å²) < 4.78 is 0. The molecule has 1 fully saturated rings. The van der Waals surface area contributed by atoms with Crippen LogP contribution in [0, 0.1) is 0 Å². The third-order valence-electron chi connectivity index (χ3n) is 1.78. The predicted octanol–water partition coefficient (Wildman–Crippen LogP) is -0.438. The lowest BCUT2D eigenvalue weighted by molar-refractivity contribution is -0.154. The molecule has 76 valence electrons. The molecule has 0 atom stereocenters. The molecule has 0 aromatic rings. The zero-order valence-electron chi connectivity index (χ0n) is 7.32. The third-order valence-corrected chi connectivity index (χ3v) is 1.99. The minimum atomic E-state index is -1.01. The van der Waals surface area contributed by atoms with Gasteiger partial charge in [-0.1, -0.05) is 0 Å². The van der Waals surface area contributed by atoms with Gasteiger partial charge < -0.3 is 0 Å². The maximum absolute atomic E-state index is 11.2. The minimum absolute atomic E-state index is 0.424. The van der Waals surface area contributed by atoms with E-state index in [9.17, 15) is 19.2 Å². The fraction of sp³-hybridized carbons (Fsp3) is 0.429. The van der Waals surface area contributed by atoms with Gasteiger partial charge in [-0.3, -0.25) is 29.0 Å². The maximum Gasteiger partial charge on any atom is 0.323 e. The number of imide groups is 2. The third kappa shape index (κ3) is 1.90. The number of rotatable bonds is 0. The Labute approximate surface area is 84.4 Å². The Morgan fingerprint density at radius 2 is 1.57 bits per heavy atom. The van der Waals surface area contributed by atoms with Gasteiger partial charge in [-0.05, 0) is 11.6 Å². The van der Waals surface area contributed by atoms with Gasteiger partial charge in [-0.2, -0.15) is 0 Å². The lowest BCUT2D eigenvalue weighted by Crippen LogP contribution is -2.55. The molecule has 0 unspecified atom stereocenters. The van der Waals surface area contributed by atoms with Crippen molar-refractivity contribution in [2.24, 2.45) is 0 Å². The summed E-state index contributed by atoms with van der Waals surface area (Å²) in [7, 11) is 0. The van der Waals surface area contributed by atoms with Crippen molar-refractivity contribution in [1.82, 2.24) is 9.80 Å². The van der Waals surface area contributed by atoms with E-state index in [1.807, 2.05) is 0 Å². The lowest BCUT2D eigenvalue weighted by atomic mass is 10.3. The lowest BCUT2D eigenvalue weighted by Gasteiger charge is -2.29. The number of hydrogen-bond acceptors (Lipinski definition) is 4. The Kier molecular flexibility index (Phi) is 2.85. The van der Waals surface area contributed by atoms with Crippen LogP contribution < -0.4 is 0 Å². The quantitative estimate of drug-likeness (QED) is 0.408. The van der Waals surface area contributed by atoms with Crippen LogP contribution in [0.5, 0.6) is 0 Å². The topological polar surface area (TPSA) is 74.8 Å². The molecule has 0 aliphatic carbocycles. The molecule has 1 aliphatic rings. The predicted molar refractivity (Wildman–Crippen MR) is 45.4 cm³/mol. The van der Waals surface area contributed by atoms with Crippen molar-refractivity contribution in [2.75, 3.05) is 13.1 Å². The number of halogens is 1. The first-order chi connectivity index (χ1) is 6.43. The summed E-state index contributed by atoms with van der Waals surface area (Å²) in [5.74, 6) is -1.78. The minimum Gasteiger partial charge on any atom is -0.275 e. The molecule has 7 heteroatoms.